The molecular weight excluding hydrogens is 208 g/mol. The van der Waals surface area contributed by atoms with E-state index in [2.05, 4.69) is 13.8 Å². The molecule has 0 spiro atoms. The van der Waals surface area contributed by atoms with Crippen LogP contribution in [0.1, 0.15) is 78.1 Å². The Kier molecular flexibility index (Phi) is 4.52. The van der Waals surface area contributed by atoms with Gasteiger partial charge in [0.15, 0.2) is 0 Å². The summed E-state index contributed by atoms with van der Waals surface area (Å²) in [6.45, 7) is 4.52. The molecule has 1 nitrogen and oxygen atoms in total. The Balaban J connectivity index is 1.72. The molecular formula is C16H30O. The lowest BCUT2D eigenvalue weighted by Gasteiger charge is -2.32. The van der Waals surface area contributed by atoms with Crippen LogP contribution in [0.5, 0.6) is 0 Å². The van der Waals surface area contributed by atoms with Crippen LogP contribution in [0.25, 0.3) is 0 Å². The van der Waals surface area contributed by atoms with Crippen molar-refractivity contribution in [1.82, 2.24) is 0 Å². The zero-order valence-corrected chi connectivity index (χ0v) is 11.8. The van der Waals surface area contributed by atoms with Crippen LogP contribution in [-0.2, 0) is 0 Å². The highest BCUT2D eigenvalue weighted by Gasteiger charge is 2.56. The van der Waals surface area contributed by atoms with E-state index < -0.39 is 0 Å². The first-order valence-electron chi connectivity index (χ1n) is 7.93. The molecule has 0 aliphatic heterocycles. The smallest absolute Gasteiger partial charge is 0.0708 e. The summed E-state index contributed by atoms with van der Waals surface area (Å²) in [6, 6.07) is 0. The number of aliphatic hydroxyl groups is 1. The molecule has 0 saturated heterocycles. The van der Waals surface area contributed by atoms with E-state index in [0.29, 0.717) is 11.8 Å². The molecule has 0 radical (unpaired) electrons. The third-order valence-corrected chi connectivity index (χ3v) is 5.28. The maximum Gasteiger partial charge on any atom is 0.0708 e. The molecule has 2 atom stereocenters. The third-order valence-electron chi connectivity index (χ3n) is 5.28. The molecule has 2 aliphatic rings. The van der Waals surface area contributed by atoms with Crippen molar-refractivity contribution in [3.63, 3.8) is 0 Å². The molecule has 2 saturated carbocycles. The van der Waals surface area contributed by atoms with Crippen LogP contribution in [0.2, 0.25) is 0 Å². The average molecular weight is 238 g/mol. The Morgan fingerprint density at radius 2 is 1.71 bits per heavy atom. The highest BCUT2D eigenvalue weighted by atomic mass is 16.3. The highest BCUT2D eigenvalue weighted by molar-refractivity contribution is 5.07. The van der Waals surface area contributed by atoms with Crippen LogP contribution >= 0.6 is 0 Å². The lowest BCUT2D eigenvalue weighted by Crippen LogP contribution is -2.29. The maximum absolute atomic E-state index is 10.6. The predicted octanol–water partition coefficient (Wildman–Crippen LogP) is 4.53. The molecule has 0 aromatic rings. The van der Waals surface area contributed by atoms with Crippen molar-refractivity contribution in [3.05, 3.63) is 0 Å². The minimum absolute atomic E-state index is 0.230. The van der Waals surface area contributed by atoms with E-state index in [4.69, 9.17) is 0 Å². The Bertz CT molecular complexity index is 230. The summed E-state index contributed by atoms with van der Waals surface area (Å²) in [5.74, 6) is 2.25. The van der Waals surface area contributed by atoms with Gasteiger partial charge in [-0.05, 0) is 43.4 Å². The van der Waals surface area contributed by atoms with Crippen LogP contribution in [0.3, 0.4) is 0 Å². The number of rotatable bonds is 6. The van der Waals surface area contributed by atoms with E-state index >= 15 is 0 Å². The molecule has 100 valence electrons. The first-order chi connectivity index (χ1) is 8.20. The molecule has 0 bridgehead atoms. The van der Waals surface area contributed by atoms with Crippen molar-refractivity contribution >= 4 is 0 Å². The van der Waals surface area contributed by atoms with Crippen molar-refractivity contribution in [2.45, 2.75) is 83.7 Å². The summed E-state index contributed by atoms with van der Waals surface area (Å²) in [7, 11) is 0. The zero-order valence-electron chi connectivity index (χ0n) is 11.8. The number of unbranched alkanes of at least 4 members (excludes halogenated alkanes) is 1. The molecule has 0 aromatic carbocycles. The van der Waals surface area contributed by atoms with Gasteiger partial charge in [-0.1, -0.05) is 52.4 Å². The highest BCUT2D eigenvalue weighted by Crippen LogP contribution is 2.55. The molecule has 1 heteroatoms. The Morgan fingerprint density at radius 3 is 2.29 bits per heavy atom. The fraction of sp³-hybridized carbons (Fsp3) is 1.00. The van der Waals surface area contributed by atoms with Gasteiger partial charge in [-0.3, -0.25) is 0 Å². The largest absolute Gasteiger partial charge is 0.389 e. The summed E-state index contributed by atoms with van der Waals surface area (Å²) in [5.41, 5.74) is -0.230. The second-order valence-corrected chi connectivity index (χ2v) is 6.54. The molecule has 2 unspecified atom stereocenters. The van der Waals surface area contributed by atoms with Crippen LogP contribution in [0.4, 0.5) is 0 Å². The minimum atomic E-state index is -0.230. The van der Waals surface area contributed by atoms with E-state index in [1.807, 2.05) is 0 Å². The summed E-state index contributed by atoms with van der Waals surface area (Å²) in [5, 5.41) is 10.6. The monoisotopic (exact) mass is 238 g/mol. The van der Waals surface area contributed by atoms with E-state index in [1.165, 1.54) is 57.8 Å². The Labute approximate surface area is 107 Å². The molecule has 0 heterocycles. The zero-order chi connectivity index (χ0) is 12.3. The van der Waals surface area contributed by atoms with Gasteiger partial charge >= 0.3 is 0 Å². The van der Waals surface area contributed by atoms with E-state index in [1.54, 1.807) is 0 Å². The third kappa shape index (κ3) is 3.05. The fourth-order valence-corrected chi connectivity index (χ4v) is 3.98. The summed E-state index contributed by atoms with van der Waals surface area (Å²) in [4.78, 5) is 0. The van der Waals surface area contributed by atoms with Gasteiger partial charge in [-0.2, -0.15) is 0 Å². The van der Waals surface area contributed by atoms with E-state index in [-0.39, 0.29) is 5.60 Å². The SMILES string of the molecule is CCCCC1CCC(C2(O)CC2CCC)CC1. The van der Waals surface area contributed by atoms with Gasteiger partial charge in [0.25, 0.3) is 0 Å². The van der Waals surface area contributed by atoms with Crippen molar-refractivity contribution in [3.8, 4) is 0 Å². The average Bonchev–Trinajstić information content (AvgIpc) is 3.00. The molecule has 2 aliphatic carbocycles. The normalized spacial score (nSPS) is 41.5. The first kappa shape index (κ1) is 13.4. The lowest BCUT2D eigenvalue weighted by molar-refractivity contribution is 0.0343. The van der Waals surface area contributed by atoms with E-state index in [0.717, 1.165) is 12.3 Å². The number of hydrogen-bond donors (Lipinski definition) is 1. The molecule has 0 amide bonds. The van der Waals surface area contributed by atoms with Crippen molar-refractivity contribution in [1.29, 1.82) is 0 Å². The van der Waals surface area contributed by atoms with Crippen molar-refractivity contribution < 1.29 is 5.11 Å². The molecule has 17 heavy (non-hydrogen) atoms. The Hall–Kier alpha value is -0.0400. The van der Waals surface area contributed by atoms with Gasteiger partial charge in [0, 0.05) is 0 Å². The topological polar surface area (TPSA) is 20.2 Å². The number of hydrogen-bond acceptors (Lipinski definition) is 1. The van der Waals surface area contributed by atoms with E-state index in [9.17, 15) is 5.11 Å². The Morgan fingerprint density at radius 1 is 1.00 bits per heavy atom. The molecule has 2 rings (SSSR count). The molecule has 1 N–H and O–H groups in total. The molecule has 2 fully saturated rings. The fourth-order valence-electron chi connectivity index (χ4n) is 3.98. The van der Waals surface area contributed by atoms with Crippen LogP contribution in [0.15, 0.2) is 0 Å². The minimum Gasteiger partial charge on any atom is -0.389 e. The lowest BCUT2D eigenvalue weighted by atomic mass is 9.76. The van der Waals surface area contributed by atoms with Crippen molar-refractivity contribution in [2.75, 3.05) is 0 Å². The first-order valence-corrected chi connectivity index (χ1v) is 7.93. The van der Waals surface area contributed by atoms with Crippen molar-refractivity contribution in [2.24, 2.45) is 17.8 Å². The second kappa shape index (κ2) is 5.73. The predicted molar refractivity (Wildman–Crippen MR) is 72.9 cm³/mol. The second-order valence-electron chi connectivity index (χ2n) is 6.54. The van der Waals surface area contributed by atoms with Gasteiger partial charge < -0.3 is 5.11 Å². The maximum atomic E-state index is 10.6. The quantitative estimate of drug-likeness (QED) is 0.720. The van der Waals surface area contributed by atoms with Gasteiger partial charge in [0.05, 0.1) is 5.60 Å². The van der Waals surface area contributed by atoms with Crippen LogP contribution in [-0.4, -0.2) is 10.7 Å². The van der Waals surface area contributed by atoms with Crippen LogP contribution in [0, 0.1) is 17.8 Å². The van der Waals surface area contributed by atoms with Crippen LogP contribution < -0.4 is 0 Å². The van der Waals surface area contributed by atoms with Gasteiger partial charge in [0.1, 0.15) is 0 Å². The summed E-state index contributed by atoms with van der Waals surface area (Å²) in [6.07, 6.45) is 13.1. The van der Waals surface area contributed by atoms with Gasteiger partial charge in [-0.15, -0.1) is 0 Å². The van der Waals surface area contributed by atoms with Gasteiger partial charge in [-0.25, -0.2) is 0 Å². The van der Waals surface area contributed by atoms with Gasteiger partial charge in [0.2, 0.25) is 0 Å². The molecule has 0 aromatic heterocycles. The standard InChI is InChI=1S/C16H30O/c1-3-5-7-13-8-10-14(11-9-13)16(17)12-15(16)6-4-2/h13-15,17H,3-12H2,1-2H3. The summed E-state index contributed by atoms with van der Waals surface area (Å²) < 4.78 is 0. The summed E-state index contributed by atoms with van der Waals surface area (Å²) >= 11 is 0.